The number of aromatic carboxylic acids is 1. The highest BCUT2D eigenvalue weighted by atomic mass is 16.4. The van der Waals surface area contributed by atoms with Crippen molar-refractivity contribution in [3.05, 3.63) is 18.0 Å². The Hall–Kier alpha value is -1.83. The lowest BCUT2D eigenvalue weighted by Crippen LogP contribution is -2.10. The fourth-order valence-corrected chi connectivity index (χ4v) is 1.34. The summed E-state index contributed by atoms with van der Waals surface area (Å²) in [4.78, 5) is 10.6. The maximum Gasteiger partial charge on any atom is 0.356 e. The summed E-state index contributed by atoms with van der Waals surface area (Å²) < 4.78 is 1.59. The average molecular weight is 221 g/mol. The molecule has 1 rings (SSSR count). The van der Waals surface area contributed by atoms with Crippen molar-refractivity contribution in [1.29, 1.82) is 5.26 Å². The maximum atomic E-state index is 10.6. The van der Waals surface area contributed by atoms with E-state index in [1.165, 1.54) is 6.07 Å². The lowest BCUT2D eigenvalue weighted by Gasteiger charge is -2.14. The number of aromatic nitrogens is 2. The second kappa shape index (κ2) is 4.79. The van der Waals surface area contributed by atoms with Crippen molar-refractivity contribution >= 4 is 5.97 Å². The number of rotatable bonds is 5. The summed E-state index contributed by atoms with van der Waals surface area (Å²) in [6.07, 6.45) is 3.22. The molecule has 1 N–H and O–H groups in total. The van der Waals surface area contributed by atoms with Crippen LogP contribution in [0.1, 0.15) is 37.2 Å². The highest BCUT2D eigenvalue weighted by Crippen LogP contribution is 2.20. The smallest absolute Gasteiger partial charge is 0.356 e. The molecular formula is C11H15N3O2. The Balaban J connectivity index is 2.44. The summed E-state index contributed by atoms with van der Waals surface area (Å²) in [7, 11) is 0. The van der Waals surface area contributed by atoms with Gasteiger partial charge in [0.25, 0.3) is 0 Å². The normalized spacial score (nSPS) is 11.1. The van der Waals surface area contributed by atoms with Crippen LogP contribution in [0.5, 0.6) is 0 Å². The first kappa shape index (κ1) is 12.2. The summed E-state index contributed by atoms with van der Waals surface area (Å²) >= 11 is 0. The number of hydrogen-bond acceptors (Lipinski definition) is 3. The van der Waals surface area contributed by atoms with Gasteiger partial charge >= 0.3 is 5.97 Å². The van der Waals surface area contributed by atoms with E-state index in [2.05, 4.69) is 11.2 Å². The number of carboxylic acid groups (broad SMARTS) is 1. The van der Waals surface area contributed by atoms with E-state index in [1.54, 1.807) is 10.9 Å². The minimum absolute atomic E-state index is 0.0551. The molecular weight excluding hydrogens is 206 g/mol. The van der Waals surface area contributed by atoms with Crippen LogP contribution in [0, 0.1) is 16.7 Å². The summed E-state index contributed by atoms with van der Waals surface area (Å²) in [6, 6.07) is 3.70. The Morgan fingerprint density at radius 1 is 1.69 bits per heavy atom. The van der Waals surface area contributed by atoms with Crippen molar-refractivity contribution in [2.75, 3.05) is 0 Å². The largest absolute Gasteiger partial charge is 0.476 e. The number of carboxylic acids is 1. The number of nitrogens with zero attached hydrogens (tertiary/aromatic N) is 3. The SMILES string of the molecule is CC(C)(C#N)CCCn1ccc(C(=O)O)n1. The highest BCUT2D eigenvalue weighted by Gasteiger charge is 2.15. The van der Waals surface area contributed by atoms with E-state index < -0.39 is 5.97 Å². The fraction of sp³-hybridized carbons (Fsp3) is 0.545. The molecule has 1 aromatic heterocycles. The summed E-state index contributed by atoms with van der Waals surface area (Å²) in [5.74, 6) is -1.02. The van der Waals surface area contributed by atoms with Gasteiger partial charge in [0.15, 0.2) is 5.69 Å². The van der Waals surface area contributed by atoms with Gasteiger partial charge in [-0.1, -0.05) is 0 Å². The maximum absolute atomic E-state index is 10.6. The van der Waals surface area contributed by atoms with Gasteiger partial charge in [-0.2, -0.15) is 10.4 Å². The highest BCUT2D eigenvalue weighted by molar-refractivity contribution is 5.84. The summed E-state index contributed by atoms with van der Waals surface area (Å²) in [6.45, 7) is 4.41. The molecule has 5 nitrogen and oxygen atoms in total. The van der Waals surface area contributed by atoms with E-state index in [0.29, 0.717) is 6.54 Å². The van der Waals surface area contributed by atoms with E-state index in [-0.39, 0.29) is 11.1 Å². The molecule has 0 aromatic carbocycles. The number of nitriles is 1. The van der Waals surface area contributed by atoms with Crippen molar-refractivity contribution in [3.8, 4) is 6.07 Å². The molecule has 86 valence electrons. The van der Waals surface area contributed by atoms with E-state index in [9.17, 15) is 4.79 Å². The number of carbonyl (C=O) groups is 1. The molecule has 16 heavy (non-hydrogen) atoms. The second-order valence-corrected chi connectivity index (χ2v) is 4.37. The molecule has 0 saturated carbocycles. The zero-order valence-corrected chi connectivity index (χ0v) is 9.47. The monoisotopic (exact) mass is 221 g/mol. The van der Waals surface area contributed by atoms with E-state index >= 15 is 0 Å². The van der Waals surface area contributed by atoms with Crippen molar-refractivity contribution in [3.63, 3.8) is 0 Å². The zero-order valence-electron chi connectivity index (χ0n) is 9.47. The Labute approximate surface area is 94.3 Å². The average Bonchev–Trinajstić information content (AvgIpc) is 2.66. The van der Waals surface area contributed by atoms with Crippen LogP contribution < -0.4 is 0 Å². The Kier molecular flexibility index (Phi) is 3.67. The molecule has 0 aliphatic heterocycles. The predicted octanol–water partition coefficient (Wildman–Crippen LogP) is 1.91. The van der Waals surface area contributed by atoms with Crippen molar-refractivity contribution in [1.82, 2.24) is 9.78 Å². The van der Waals surface area contributed by atoms with Gasteiger partial charge in [0.2, 0.25) is 0 Å². The fourth-order valence-electron chi connectivity index (χ4n) is 1.34. The molecule has 0 fully saturated rings. The minimum atomic E-state index is -1.02. The van der Waals surface area contributed by atoms with Gasteiger partial charge in [0.05, 0.1) is 11.5 Å². The van der Waals surface area contributed by atoms with Gasteiger partial charge in [-0.05, 0) is 32.8 Å². The Morgan fingerprint density at radius 3 is 2.88 bits per heavy atom. The van der Waals surface area contributed by atoms with Gasteiger partial charge < -0.3 is 5.11 Å². The van der Waals surface area contributed by atoms with Gasteiger partial charge in [-0.25, -0.2) is 4.79 Å². The molecule has 0 amide bonds. The first-order valence-electron chi connectivity index (χ1n) is 5.12. The van der Waals surface area contributed by atoms with Crippen LogP contribution in [0.4, 0.5) is 0 Å². The van der Waals surface area contributed by atoms with E-state index in [0.717, 1.165) is 12.8 Å². The van der Waals surface area contributed by atoms with Crippen LogP contribution in [-0.4, -0.2) is 20.9 Å². The van der Waals surface area contributed by atoms with Gasteiger partial charge in [0, 0.05) is 12.7 Å². The predicted molar refractivity (Wildman–Crippen MR) is 57.8 cm³/mol. The lowest BCUT2D eigenvalue weighted by atomic mass is 9.90. The van der Waals surface area contributed by atoms with E-state index in [1.807, 2.05) is 13.8 Å². The van der Waals surface area contributed by atoms with Crippen LogP contribution >= 0.6 is 0 Å². The Morgan fingerprint density at radius 2 is 2.38 bits per heavy atom. The van der Waals surface area contributed by atoms with Crippen molar-refractivity contribution in [2.45, 2.75) is 33.2 Å². The standard InChI is InChI=1S/C11H15N3O2/c1-11(2,8-12)5-3-6-14-7-4-9(13-14)10(15)16/h4,7H,3,5-6H2,1-2H3,(H,15,16). The first-order valence-corrected chi connectivity index (χ1v) is 5.12. The Bertz CT molecular complexity index is 415. The van der Waals surface area contributed by atoms with Crippen molar-refractivity contribution in [2.24, 2.45) is 5.41 Å². The van der Waals surface area contributed by atoms with E-state index in [4.69, 9.17) is 10.4 Å². The third-order valence-electron chi connectivity index (χ3n) is 2.35. The minimum Gasteiger partial charge on any atom is -0.476 e. The third-order valence-corrected chi connectivity index (χ3v) is 2.35. The lowest BCUT2D eigenvalue weighted by molar-refractivity contribution is 0.0689. The topological polar surface area (TPSA) is 78.9 Å². The molecule has 0 radical (unpaired) electrons. The first-order chi connectivity index (χ1) is 7.44. The molecule has 1 aromatic rings. The number of aryl methyl sites for hydroxylation is 1. The quantitative estimate of drug-likeness (QED) is 0.823. The molecule has 0 saturated heterocycles. The molecule has 0 bridgehead atoms. The molecule has 0 spiro atoms. The van der Waals surface area contributed by atoms with Gasteiger partial charge in [-0.3, -0.25) is 4.68 Å². The van der Waals surface area contributed by atoms with Crippen LogP contribution in [0.15, 0.2) is 12.3 Å². The third kappa shape index (κ3) is 3.39. The molecule has 0 aliphatic rings. The molecule has 0 aliphatic carbocycles. The molecule has 5 heteroatoms. The number of hydrogen-bond donors (Lipinski definition) is 1. The molecule has 1 heterocycles. The molecule has 0 atom stereocenters. The second-order valence-electron chi connectivity index (χ2n) is 4.37. The van der Waals surface area contributed by atoms with Crippen molar-refractivity contribution < 1.29 is 9.90 Å². The van der Waals surface area contributed by atoms with Crippen LogP contribution in [-0.2, 0) is 6.54 Å². The summed E-state index contributed by atoms with van der Waals surface area (Å²) in [5, 5.41) is 21.4. The molecule has 0 unspecified atom stereocenters. The summed E-state index contributed by atoms with van der Waals surface area (Å²) in [5.41, 5.74) is -0.275. The van der Waals surface area contributed by atoms with Gasteiger partial charge in [0.1, 0.15) is 0 Å². The van der Waals surface area contributed by atoms with Crippen LogP contribution in [0.3, 0.4) is 0 Å². The van der Waals surface area contributed by atoms with Crippen LogP contribution in [0.2, 0.25) is 0 Å². The van der Waals surface area contributed by atoms with Crippen LogP contribution in [0.25, 0.3) is 0 Å². The van der Waals surface area contributed by atoms with Gasteiger partial charge in [-0.15, -0.1) is 0 Å². The zero-order chi connectivity index (χ0) is 12.2.